The fourth-order valence-electron chi connectivity index (χ4n) is 2.58. The molecule has 4 amide bonds. The number of nitrogens with one attached hydrogen (secondary N) is 1. The Bertz CT molecular complexity index is 854. The molecule has 1 saturated heterocycles. The highest BCUT2D eigenvalue weighted by Crippen LogP contribution is 2.27. The average Bonchev–Trinajstić information content (AvgIpc) is 3.15. The van der Waals surface area contributed by atoms with E-state index in [0.29, 0.717) is 11.6 Å². The predicted molar refractivity (Wildman–Crippen MR) is 103 cm³/mol. The van der Waals surface area contributed by atoms with Crippen LogP contribution in [0.4, 0.5) is 9.93 Å². The third-order valence-electron chi connectivity index (χ3n) is 3.89. The van der Waals surface area contributed by atoms with Crippen molar-refractivity contribution in [2.75, 3.05) is 25.5 Å². The second kappa shape index (κ2) is 7.96. The number of likely N-dealkylation sites (N-methyl/N-ethyl adjacent to an activating group) is 1. The normalized spacial score (nSPS) is 14.2. The average molecular weight is 437 g/mol. The molecule has 3 rings (SSSR count). The fraction of sp³-hybridized carbons (Fsp3) is 0.294. The fourth-order valence-corrected chi connectivity index (χ4v) is 3.72. The molecule has 1 fully saturated rings. The number of benzene rings is 1. The summed E-state index contributed by atoms with van der Waals surface area (Å²) in [4.78, 5) is 42.5. The number of imide groups is 1. The molecule has 0 radical (unpaired) electrons. The molecule has 7 nitrogen and oxygen atoms in total. The van der Waals surface area contributed by atoms with Gasteiger partial charge in [-0.25, -0.2) is 9.78 Å². The Morgan fingerprint density at radius 3 is 2.88 bits per heavy atom. The molecule has 2 heterocycles. The summed E-state index contributed by atoms with van der Waals surface area (Å²) in [5.41, 5.74) is 1.76. The van der Waals surface area contributed by atoms with E-state index >= 15 is 0 Å². The molecule has 0 spiro atoms. The Morgan fingerprint density at radius 1 is 1.38 bits per heavy atom. The standard InChI is InChI=1S/C17H17BrN4O3S/c1-21-9-15(24)22(17(21)25)7-3-6-14(23)20-16-19-13(10-26-16)11-4-2-5-12(18)8-11/h2,4-5,8,10H,3,6-7,9H2,1H3,(H,19,20,23). The first kappa shape index (κ1) is 18.5. The summed E-state index contributed by atoms with van der Waals surface area (Å²) < 4.78 is 0.963. The van der Waals surface area contributed by atoms with Crippen molar-refractivity contribution in [3.05, 3.63) is 34.1 Å². The van der Waals surface area contributed by atoms with Gasteiger partial charge < -0.3 is 10.2 Å². The van der Waals surface area contributed by atoms with Gasteiger partial charge in [0.05, 0.1) is 5.69 Å². The quantitative estimate of drug-likeness (QED) is 0.704. The van der Waals surface area contributed by atoms with Crippen LogP contribution in [0, 0.1) is 0 Å². The molecule has 0 aliphatic carbocycles. The van der Waals surface area contributed by atoms with Gasteiger partial charge in [0.25, 0.3) is 0 Å². The van der Waals surface area contributed by atoms with E-state index in [4.69, 9.17) is 0 Å². The van der Waals surface area contributed by atoms with E-state index in [2.05, 4.69) is 26.2 Å². The van der Waals surface area contributed by atoms with Gasteiger partial charge in [0, 0.05) is 35.4 Å². The van der Waals surface area contributed by atoms with Crippen molar-refractivity contribution in [3.8, 4) is 11.3 Å². The molecule has 26 heavy (non-hydrogen) atoms. The Balaban J connectivity index is 1.50. The van der Waals surface area contributed by atoms with Crippen molar-refractivity contribution in [1.29, 1.82) is 0 Å². The zero-order chi connectivity index (χ0) is 18.7. The summed E-state index contributed by atoms with van der Waals surface area (Å²) in [6.45, 7) is 0.346. The lowest BCUT2D eigenvalue weighted by Gasteiger charge is -2.13. The third kappa shape index (κ3) is 4.28. The molecular weight excluding hydrogens is 420 g/mol. The minimum Gasteiger partial charge on any atom is -0.318 e. The maximum absolute atomic E-state index is 12.1. The van der Waals surface area contributed by atoms with Crippen LogP contribution in [0.2, 0.25) is 0 Å². The number of hydrogen-bond donors (Lipinski definition) is 1. The molecule has 0 atom stereocenters. The minimum atomic E-state index is -0.311. The molecular formula is C17H17BrN4O3S. The highest BCUT2D eigenvalue weighted by Gasteiger charge is 2.32. The molecule has 0 bridgehead atoms. The maximum Gasteiger partial charge on any atom is 0.326 e. The summed E-state index contributed by atoms with van der Waals surface area (Å²) in [6.07, 6.45) is 0.633. The number of carbonyl (C=O) groups excluding carboxylic acids is 3. The van der Waals surface area contributed by atoms with Crippen LogP contribution in [-0.4, -0.2) is 52.8 Å². The van der Waals surface area contributed by atoms with Gasteiger partial charge in [-0.3, -0.25) is 14.5 Å². The molecule has 2 aromatic rings. The molecule has 1 aliphatic rings. The number of thiazole rings is 1. The number of urea groups is 1. The van der Waals surface area contributed by atoms with Crippen molar-refractivity contribution in [1.82, 2.24) is 14.8 Å². The first-order chi connectivity index (χ1) is 12.4. The van der Waals surface area contributed by atoms with E-state index in [1.54, 1.807) is 7.05 Å². The summed E-state index contributed by atoms with van der Waals surface area (Å²) >= 11 is 4.78. The summed E-state index contributed by atoms with van der Waals surface area (Å²) in [5.74, 6) is -0.413. The van der Waals surface area contributed by atoms with Crippen LogP contribution in [0.25, 0.3) is 11.3 Å². The number of hydrogen-bond acceptors (Lipinski definition) is 5. The monoisotopic (exact) mass is 436 g/mol. The van der Waals surface area contributed by atoms with Gasteiger partial charge in [0.2, 0.25) is 11.8 Å². The molecule has 9 heteroatoms. The van der Waals surface area contributed by atoms with Crippen LogP contribution in [0.5, 0.6) is 0 Å². The van der Waals surface area contributed by atoms with E-state index in [-0.39, 0.29) is 37.4 Å². The van der Waals surface area contributed by atoms with E-state index in [1.165, 1.54) is 21.1 Å². The molecule has 0 saturated carbocycles. The summed E-state index contributed by atoms with van der Waals surface area (Å²) in [7, 11) is 1.58. The summed E-state index contributed by atoms with van der Waals surface area (Å²) in [5, 5.41) is 5.17. The van der Waals surface area contributed by atoms with Crippen molar-refractivity contribution in [3.63, 3.8) is 0 Å². The van der Waals surface area contributed by atoms with E-state index < -0.39 is 0 Å². The predicted octanol–water partition coefficient (Wildman–Crippen LogP) is 3.19. The minimum absolute atomic E-state index is 0.0997. The third-order valence-corrected chi connectivity index (χ3v) is 5.14. The Kier molecular flexibility index (Phi) is 5.67. The second-order valence-corrected chi connectivity index (χ2v) is 7.66. The number of amides is 4. The van der Waals surface area contributed by atoms with Gasteiger partial charge in [-0.05, 0) is 18.6 Å². The molecule has 0 unspecified atom stereocenters. The highest BCUT2D eigenvalue weighted by atomic mass is 79.9. The molecule has 1 aromatic heterocycles. The van der Waals surface area contributed by atoms with E-state index in [0.717, 1.165) is 15.7 Å². The van der Waals surface area contributed by atoms with Crippen LogP contribution in [0.3, 0.4) is 0 Å². The van der Waals surface area contributed by atoms with Crippen LogP contribution in [0.1, 0.15) is 12.8 Å². The number of aromatic nitrogens is 1. The Hall–Kier alpha value is -2.26. The van der Waals surface area contributed by atoms with Gasteiger partial charge in [0.1, 0.15) is 6.54 Å². The van der Waals surface area contributed by atoms with Gasteiger partial charge >= 0.3 is 6.03 Å². The zero-order valence-corrected chi connectivity index (χ0v) is 16.5. The lowest BCUT2D eigenvalue weighted by molar-refractivity contribution is -0.125. The number of halogens is 1. The summed E-state index contributed by atoms with van der Waals surface area (Å²) in [6, 6.07) is 7.46. The number of nitrogens with zero attached hydrogens (tertiary/aromatic N) is 3. The second-order valence-electron chi connectivity index (χ2n) is 5.88. The van der Waals surface area contributed by atoms with Crippen molar-refractivity contribution in [2.45, 2.75) is 12.8 Å². The lowest BCUT2D eigenvalue weighted by Crippen LogP contribution is -2.32. The van der Waals surface area contributed by atoms with Gasteiger partial charge in [0.15, 0.2) is 5.13 Å². The van der Waals surface area contributed by atoms with Crippen molar-refractivity contribution in [2.24, 2.45) is 0 Å². The molecule has 1 aromatic carbocycles. The van der Waals surface area contributed by atoms with E-state index in [9.17, 15) is 14.4 Å². The van der Waals surface area contributed by atoms with Crippen molar-refractivity contribution < 1.29 is 14.4 Å². The zero-order valence-electron chi connectivity index (χ0n) is 14.1. The van der Waals surface area contributed by atoms with Crippen LogP contribution >= 0.6 is 27.3 Å². The largest absolute Gasteiger partial charge is 0.326 e. The van der Waals surface area contributed by atoms with Gasteiger partial charge in [-0.2, -0.15) is 0 Å². The maximum atomic E-state index is 12.1. The lowest BCUT2D eigenvalue weighted by atomic mass is 10.2. The number of anilines is 1. The molecule has 1 aliphatic heterocycles. The number of rotatable bonds is 6. The van der Waals surface area contributed by atoms with Gasteiger partial charge in [-0.1, -0.05) is 28.1 Å². The van der Waals surface area contributed by atoms with Crippen LogP contribution < -0.4 is 5.32 Å². The van der Waals surface area contributed by atoms with Crippen LogP contribution in [0.15, 0.2) is 34.1 Å². The van der Waals surface area contributed by atoms with Crippen molar-refractivity contribution >= 4 is 50.2 Å². The number of carbonyl (C=O) groups is 3. The first-order valence-electron chi connectivity index (χ1n) is 8.01. The SMILES string of the molecule is CN1CC(=O)N(CCCC(=O)Nc2nc(-c3cccc(Br)c3)cs2)C1=O. The topological polar surface area (TPSA) is 82.6 Å². The first-order valence-corrected chi connectivity index (χ1v) is 9.68. The molecule has 136 valence electrons. The molecule has 1 N–H and O–H groups in total. The van der Waals surface area contributed by atoms with Crippen LogP contribution in [-0.2, 0) is 9.59 Å². The highest BCUT2D eigenvalue weighted by molar-refractivity contribution is 9.10. The van der Waals surface area contributed by atoms with Gasteiger partial charge in [-0.15, -0.1) is 11.3 Å². The Morgan fingerprint density at radius 2 is 2.19 bits per heavy atom. The Labute approximate surface area is 163 Å². The van der Waals surface area contributed by atoms with E-state index in [1.807, 2.05) is 29.6 Å². The smallest absolute Gasteiger partial charge is 0.318 e.